The van der Waals surface area contributed by atoms with Crippen molar-refractivity contribution in [2.24, 2.45) is 11.5 Å². The van der Waals surface area contributed by atoms with E-state index in [1.54, 1.807) is 0 Å². The van der Waals surface area contributed by atoms with Crippen LogP contribution in [0.4, 0.5) is 0 Å². The summed E-state index contributed by atoms with van der Waals surface area (Å²) >= 11 is 0. The third-order valence-electron chi connectivity index (χ3n) is 1.60. The monoisotopic (exact) mass is 244 g/mol. The first-order valence-corrected chi connectivity index (χ1v) is 4.19. The van der Waals surface area contributed by atoms with Crippen LogP contribution in [0.25, 0.3) is 0 Å². The summed E-state index contributed by atoms with van der Waals surface area (Å²) in [6.45, 7) is 0. The molecule has 0 spiro atoms. The Morgan fingerprint density at radius 1 is 0.714 bits per heavy atom. The Morgan fingerprint density at radius 2 is 1.00 bits per heavy atom. The molecule has 0 rings (SSSR count). The fourth-order valence-corrected chi connectivity index (χ4v) is 0.952. The number of halogens is 2. The minimum Gasteiger partial charge on any atom is -0.370 e. The van der Waals surface area contributed by atoms with Gasteiger partial charge in [-0.15, -0.1) is 24.8 Å². The molecule has 6 heteroatoms. The molecule has 4 N–H and O–H groups in total. The molecule has 0 heterocycles. The number of unbranched alkanes of at least 4 members (excludes halogenated alkanes) is 3. The Labute approximate surface area is 96.6 Å². The van der Waals surface area contributed by atoms with Gasteiger partial charge in [0.1, 0.15) is 0 Å². The smallest absolute Gasteiger partial charge is 0.217 e. The normalized spacial score (nSPS) is 8.29. The van der Waals surface area contributed by atoms with Crippen molar-refractivity contribution in [2.75, 3.05) is 0 Å². The number of primary amides is 2. The maximum Gasteiger partial charge on any atom is 0.217 e. The topological polar surface area (TPSA) is 86.2 Å². The number of rotatable bonds is 7. The van der Waals surface area contributed by atoms with Gasteiger partial charge < -0.3 is 11.5 Å². The Kier molecular flexibility index (Phi) is 17.1. The highest BCUT2D eigenvalue weighted by Crippen LogP contribution is 2.04. The summed E-state index contributed by atoms with van der Waals surface area (Å²) in [5, 5.41) is 0. The van der Waals surface area contributed by atoms with Crippen LogP contribution in [0.2, 0.25) is 0 Å². The van der Waals surface area contributed by atoms with Crippen molar-refractivity contribution < 1.29 is 9.59 Å². The van der Waals surface area contributed by atoms with E-state index in [1.807, 2.05) is 0 Å². The zero-order valence-corrected chi connectivity index (χ0v) is 9.66. The molecule has 14 heavy (non-hydrogen) atoms. The zero-order chi connectivity index (χ0) is 9.40. The predicted octanol–water partition coefficient (Wildman–Crippen LogP) is 1.14. The summed E-state index contributed by atoms with van der Waals surface area (Å²) in [6, 6.07) is 0. The SMILES string of the molecule is Cl.Cl.NC(=O)CCCCCCC(N)=O. The first kappa shape index (κ1) is 19.1. The van der Waals surface area contributed by atoms with E-state index in [0.29, 0.717) is 12.8 Å². The van der Waals surface area contributed by atoms with Gasteiger partial charge in [0.15, 0.2) is 0 Å². The van der Waals surface area contributed by atoms with E-state index in [9.17, 15) is 9.59 Å². The lowest BCUT2D eigenvalue weighted by Gasteiger charge is -1.97. The van der Waals surface area contributed by atoms with Crippen molar-refractivity contribution in [3.63, 3.8) is 0 Å². The summed E-state index contributed by atoms with van der Waals surface area (Å²) in [6.07, 6.45) is 4.39. The van der Waals surface area contributed by atoms with Gasteiger partial charge in [-0.1, -0.05) is 12.8 Å². The average Bonchev–Trinajstić information content (AvgIpc) is 1.95. The standard InChI is InChI=1S/C8H16N2O2.2ClH/c9-7(11)5-3-1-2-4-6-8(10)12;;/h1-6H2,(H2,9,11)(H2,10,12);2*1H. The Morgan fingerprint density at radius 3 is 1.21 bits per heavy atom. The van der Waals surface area contributed by atoms with Gasteiger partial charge in [0, 0.05) is 12.8 Å². The van der Waals surface area contributed by atoms with Crippen molar-refractivity contribution in [3.05, 3.63) is 0 Å². The average molecular weight is 245 g/mol. The lowest BCUT2D eigenvalue weighted by Crippen LogP contribution is -2.10. The molecule has 0 saturated carbocycles. The van der Waals surface area contributed by atoms with E-state index in [-0.39, 0.29) is 36.6 Å². The molecule has 0 saturated heterocycles. The van der Waals surface area contributed by atoms with Crippen LogP contribution < -0.4 is 11.5 Å². The van der Waals surface area contributed by atoms with Crippen LogP contribution in [0.3, 0.4) is 0 Å². The van der Waals surface area contributed by atoms with E-state index in [0.717, 1.165) is 25.7 Å². The van der Waals surface area contributed by atoms with Crippen molar-refractivity contribution in [2.45, 2.75) is 38.5 Å². The summed E-state index contributed by atoms with van der Waals surface area (Å²) in [4.78, 5) is 20.6. The lowest BCUT2D eigenvalue weighted by atomic mass is 10.1. The Hall–Kier alpha value is -0.480. The van der Waals surface area contributed by atoms with E-state index >= 15 is 0 Å². The van der Waals surface area contributed by atoms with E-state index in [1.165, 1.54) is 0 Å². The molecular weight excluding hydrogens is 227 g/mol. The molecule has 86 valence electrons. The van der Waals surface area contributed by atoms with Crippen LogP contribution >= 0.6 is 24.8 Å². The van der Waals surface area contributed by atoms with Crippen molar-refractivity contribution in [1.29, 1.82) is 0 Å². The molecule has 0 unspecified atom stereocenters. The van der Waals surface area contributed by atoms with Gasteiger partial charge >= 0.3 is 0 Å². The van der Waals surface area contributed by atoms with Crippen LogP contribution in [-0.4, -0.2) is 11.8 Å². The summed E-state index contributed by atoms with van der Waals surface area (Å²) in [7, 11) is 0. The molecule has 0 radical (unpaired) electrons. The molecule has 0 aromatic carbocycles. The van der Waals surface area contributed by atoms with Crippen LogP contribution in [0.5, 0.6) is 0 Å². The van der Waals surface area contributed by atoms with Gasteiger partial charge in [0.05, 0.1) is 0 Å². The molecular formula is C8H18Cl2N2O2. The summed E-state index contributed by atoms with van der Waals surface area (Å²) < 4.78 is 0. The van der Waals surface area contributed by atoms with Crippen molar-refractivity contribution in [1.82, 2.24) is 0 Å². The highest BCUT2D eigenvalue weighted by molar-refractivity contribution is 5.85. The van der Waals surface area contributed by atoms with Crippen LogP contribution in [0.15, 0.2) is 0 Å². The third kappa shape index (κ3) is 17.6. The Balaban J connectivity index is -0.000000605. The van der Waals surface area contributed by atoms with E-state index in [2.05, 4.69) is 0 Å². The molecule has 0 aliphatic heterocycles. The second-order valence-electron chi connectivity index (χ2n) is 2.85. The quantitative estimate of drug-likeness (QED) is 0.659. The van der Waals surface area contributed by atoms with Gasteiger partial charge in [-0.05, 0) is 12.8 Å². The largest absolute Gasteiger partial charge is 0.370 e. The minimum absolute atomic E-state index is 0. The summed E-state index contributed by atoms with van der Waals surface area (Å²) in [5.41, 5.74) is 9.88. The fourth-order valence-electron chi connectivity index (χ4n) is 0.952. The maximum absolute atomic E-state index is 10.3. The van der Waals surface area contributed by atoms with Gasteiger partial charge in [0.25, 0.3) is 0 Å². The first-order chi connectivity index (χ1) is 5.63. The van der Waals surface area contributed by atoms with Crippen LogP contribution in [-0.2, 0) is 9.59 Å². The fraction of sp³-hybridized carbons (Fsp3) is 0.750. The third-order valence-corrected chi connectivity index (χ3v) is 1.60. The highest BCUT2D eigenvalue weighted by atomic mass is 35.5. The molecule has 2 amide bonds. The van der Waals surface area contributed by atoms with Gasteiger partial charge in [0.2, 0.25) is 11.8 Å². The van der Waals surface area contributed by atoms with Gasteiger partial charge in [-0.3, -0.25) is 9.59 Å². The predicted molar refractivity (Wildman–Crippen MR) is 60.6 cm³/mol. The van der Waals surface area contributed by atoms with Crippen molar-refractivity contribution >= 4 is 36.6 Å². The minimum atomic E-state index is -0.259. The molecule has 0 atom stereocenters. The second-order valence-corrected chi connectivity index (χ2v) is 2.85. The van der Waals surface area contributed by atoms with Crippen molar-refractivity contribution in [3.8, 4) is 0 Å². The molecule has 0 aliphatic carbocycles. The zero-order valence-electron chi connectivity index (χ0n) is 8.03. The van der Waals surface area contributed by atoms with E-state index in [4.69, 9.17) is 11.5 Å². The number of carbonyl (C=O) groups is 2. The summed E-state index contributed by atoms with van der Waals surface area (Å²) in [5.74, 6) is -0.519. The lowest BCUT2D eigenvalue weighted by molar-refractivity contribution is -0.119. The molecule has 0 bridgehead atoms. The number of hydrogen-bond acceptors (Lipinski definition) is 2. The number of nitrogens with two attached hydrogens (primary N) is 2. The van der Waals surface area contributed by atoms with Crippen LogP contribution in [0, 0.1) is 0 Å². The first-order valence-electron chi connectivity index (χ1n) is 4.19. The van der Waals surface area contributed by atoms with E-state index < -0.39 is 0 Å². The second kappa shape index (κ2) is 12.5. The molecule has 4 nitrogen and oxygen atoms in total. The Bertz CT molecular complexity index is 147. The molecule has 0 aliphatic rings. The molecule has 0 aromatic rings. The van der Waals surface area contributed by atoms with Gasteiger partial charge in [-0.2, -0.15) is 0 Å². The number of hydrogen-bond donors (Lipinski definition) is 2. The van der Waals surface area contributed by atoms with Crippen LogP contribution in [0.1, 0.15) is 38.5 Å². The maximum atomic E-state index is 10.3. The number of carbonyl (C=O) groups excluding carboxylic acids is 2. The molecule has 0 aromatic heterocycles. The van der Waals surface area contributed by atoms with Gasteiger partial charge in [-0.25, -0.2) is 0 Å². The molecule has 0 fully saturated rings. The highest BCUT2D eigenvalue weighted by Gasteiger charge is 1.96. The number of amides is 2.